The molecule has 3 aromatic rings. The molecule has 0 radical (unpaired) electrons. The number of nitrogens with zero attached hydrogens (tertiary/aromatic N) is 1. The van der Waals surface area contributed by atoms with E-state index in [1.807, 2.05) is 29.2 Å². The van der Waals surface area contributed by atoms with Crippen molar-refractivity contribution in [3.63, 3.8) is 0 Å². The Morgan fingerprint density at radius 2 is 1.66 bits per heavy atom. The van der Waals surface area contributed by atoms with E-state index >= 15 is 0 Å². The van der Waals surface area contributed by atoms with Crippen LogP contribution in [0.25, 0.3) is 0 Å². The fourth-order valence-corrected chi connectivity index (χ4v) is 4.82. The summed E-state index contributed by atoms with van der Waals surface area (Å²) in [4.78, 5) is 26.8. The third-order valence-electron chi connectivity index (χ3n) is 5.45. The van der Waals surface area contributed by atoms with Gasteiger partial charge < -0.3 is 5.32 Å². The van der Waals surface area contributed by atoms with E-state index in [9.17, 15) is 14.0 Å². The number of thioether (sulfide) groups is 1. The Hall–Kier alpha value is -3.12. The summed E-state index contributed by atoms with van der Waals surface area (Å²) in [5, 5.41) is 2.58. The van der Waals surface area contributed by atoms with Crippen LogP contribution in [0, 0.1) is 5.82 Å². The van der Waals surface area contributed by atoms with Gasteiger partial charge in [-0.2, -0.15) is 0 Å². The molecule has 1 unspecified atom stereocenters. The Morgan fingerprint density at radius 3 is 2.28 bits per heavy atom. The van der Waals surface area contributed by atoms with Crippen molar-refractivity contribution in [1.82, 2.24) is 0 Å². The molecule has 1 N–H and O–H groups in total. The molecular weight excluding hydrogens is 423 g/mol. The Labute approximate surface area is 191 Å². The molecule has 1 heterocycles. The zero-order valence-electron chi connectivity index (χ0n) is 18.3. The predicted octanol–water partition coefficient (Wildman–Crippen LogP) is 6.15. The van der Waals surface area contributed by atoms with Gasteiger partial charge in [-0.3, -0.25) is 14.5 Å². The van der Waals surface area contributed by atoms with E-state index in [1.165, 1.54) is 17.7 Å². The SMILES string of the molecule is CC(C)(C)c1ccc(N2C(=O)CSC2c2ccc(NC(=O)c3ccccc3F)cc2)cc1. The van der Waals surface area contributed by atoms with E-state index < -0.39 is 11.7 Å². The highest BCUT2D eigenvalue weighted by Gasteiger charge is 2.34. The first-order valence-electron chi connectivity index (χ1n) is 10.4. The number of anilines is 2. The molecule has 0 aliphatic carbocycles. The Bertz CT molecular complexity index is 1140. The number of carbonyl (C=O) groups excluding carboxylic acids is 2. The molecule has 1 aliphatic heterocycles. The van der Waals surface area contributed by atoms with Crippen LogP contribution >= 0.6 is 11.8 Å². The van der Waals surface area contributed by atoms with E-state index in [2.05, 4.69) is 38.2 Å². The van der Waals surface area contributed by atoms with Crippen LogP contribution in [0.1, 0.15) is 47.6 Å². The van der Waals surface area contributed by atoms with E-state index in [0.717, 1.165) is 11.3 Å². The summed E-state index contributed by atoms with van der Waals surface area (Å²) in [6.45, 7) is 6.48. The molecule has 1 aliphatic rings. The van der Waals surface area contributed by atoms with Crippen molar-refractivity contribution < 1.29 is 14.0 Å². The summed E-state index contributed by atoms with van der Waals surface area (Å²) in [6.07, 6.45) is 0. The highest BCUT2D eigenvalue weighted by Crippen LogP contribution is 2.42. The van der Waals surface area contributed by atoms with Crippen molar-refractivity contribution in [3.05, 3.63) is 95.3 Å². The van der Waals surface area contributed by atoms with Crippen molar-refractivity contribution >= 4 is 35.0 Å². The zero-order chi connectivity index (χ0) is 22.9. The predicted molar refractivity (Wildman–Crippen MR) is 129 cm³/mol. The molecule has 1 saturated heterocycles. The van der Waals surface area contributed by atoms with Gasteiger partial charge in [-0.05, 0) is 52.9 Å². The molecule has 6 heteroatoms. The van der Waals surface area contributed by atoms with E-state index in [4.69, 9.17) is 0 Å². The lowest BCUT2D eigenvalue weighted by Crippen LogP contribution is -2.28. The van der Waals surface area contributed by atoms with Gasteiger partial charge in [0.25, 0.3) is 5.91 Å². The second kappa shape index (κ2) is 8.79. The Balaban J connectivity index is 1.52. The minimum absolute atomic E-state index is 0.00148. The van der Waals surface area contributed by atoms with Gasteiger partial charge >= 0.3 is 0 Å². The molecule has 4 nitrogen and oxygen atoms in total. The molecular formula is C26H25FN2O2S. The van der Waals surface area contributed by atoms with Gasteiger partial charge in [-0.1, -0.05) is 57.2 Å². The summed E-state index contributed by atoms with van der Waals surface area (Å²) in [6, 6.07) is 21.4. The third kappa shape index (κ3) is 4.55. The van der Waals surface area contributed by atoms with E-state index in [0.29, 0.717) is 11.4 Å². The highest BCUT2D eigenvalue weighted by atomic mass is 32.2. The molecule has 1 fully saturated rings. The number of rotatable bonds is 4. The molecule has 0 saturated carbocycles. The van der Waals surface area contributed by atoms with Gasteiger partial charge in [-0.15, -0.1) is 11.8 Å². The van der Waals surface area contributed by atoms with Gasteiger partial charge in [0.05, 0.1) is 11.3 Å². The van der Waals surface area contributed by atoms with Crippen LogP contribution in [0.3, 0.4) is 0 Å². The van der Waals surface area contributed by atoms with Crippen molar-refractivity contribution in [1.29, 1.82) is 0 Å². The van der Waals surface area contributed by atoms with Crippen LogP contribution in [0.15, 0.2) is 72.8 Å². The largest absolute Gasteiger partial charge is 0.322 e. The number of halogens is 1. The molecule has 4 rings (SSSR count). The van der Waals surface area contributed by atoms with Crippen molar-refractivity contribution in [3.8, 4) is 0 Å². The summed E-state index contributed by atoms with van der Waals surface area (Å²) in [5.41, 5.74) is 3.66. The maximum atomic E-state index is 13.8. The minimum atomic E-state index is -0.560. The number of nitrogens with one attached hydrogen (secondary N) is 1. The molecule has 0 aromatic heterocycles. The lowest BCUT2D eigenvalue weighted by Gasteiger charge is -2.26. The smallest absolute Gasteiger partial charge is 0.258 e. The monoisotopic (exact) mass is 448 g/mol. The van der Waals surface area contributed by atoms with Gasteiger partial charge in [0.1, 0.15) is 11.2 Å². The third-order valence-corrected chi connectivity index (χ3v) is 6.66. The van der Waals surface area contributed by atoms with Crippen LogP contribution in [-0.4, -0.2) is 17.6 Å². The number of hydrogen-bond donors (Lipinski definition) is 1. The van der Waals surface area contributed by atoms with Crippen LogP contribution in [0.2, 0.25) is 0 Å². The first-order valence-corrected chi connectivity index (χ1v) is 11.5. The number of benzene rings is 3. The highest BCUT2D eigenvalue weighted by molar-refractivity contribution is 8.00. The first kappa shape index (κ1) is 22.1. The standard InChI is InChI=1S/C26H25FN2O2S/c1-26(2,3)18-10-14-20(15-11-18)29-23(30)16-32-25(29)17-8-12-19(13-9-17)28-24(31)21-6-4-5-7-22(21)27/h4-15,25H,16H2,1-3H3,(H,28,31). The Morgan fingerprint density at radius 1 is 1.00 bits per heavy atom. The molecule has 32 heavy (non-hydrogen) atoms. The topological polar surface area (TPSA) is 49.4 Å². The molecule has 3 aromatic carbocycles. The van der Waals surface area contributed by atoms with Crippen LogP contribution < -0.4 is 10.2 Å². The van der Waals surface area contributed by atoms with Gasteiger partial charge in [0.2, 0.25) is 5.91 Å². The normalized spacial score (nSPS) is 16.3. The second-order valence-electron chi connectivity index (χ2n) is 8.78. The van der Waals surface area contributed by atoms with E-state index in [1.54, 1.807) is 36.0 Å². The molecule has 2 amide bonds. The summed E-state index contributed by atoms with van der Waals surface area (Å²) in [7, 11) is 0. The maximum absolute atomic E-state index is 13.8. The molecule has 0 bridgehead atoms. The number of amides is 2. The zero-order valence-corrected chi connectivity index (χ0v) is 19.1. The number of carbonyl (C=O) groups is 2. The van der Waals surface area contributed by atoms with Crippen molar-refractivity contribution in [2.45, 2.75) is 31.6 Å². The van der Waals surface area contributed by atoms with Gasteiger partial charge in [-0.25, -0.2) is 4.39 Å². The summed E-state index contributed by atoms with van der Waals surface area (Å²) >= 11 is 1.57. The van der Waals surface area contributed by atoms with Crippen LogP contribution in [0.5, 0.6) is 0 Å². The fraction of sp³-hybridized carbons (Fsp3) is 0.231. The van der Waals surface area contributed by atoms with Crippen LogP contribution in [-0.2, 0) is 10.2 Å². The maximum Gasteiger partial charge on any atom is 0.258 e. The lowest BCUT2D eigenvalue weighted by molar-refractivity contribution is -0.115. The van der Waals surface area contributed by atoms with Gasteiger partial charge in [0.15, 0.2) is 0 Å². The lowest BCUT2D eigenvalue weighted by atomic mass is 9.87. The second-order valence-corrected chi connectivity index (χ2v) is 9.85. The van der Waals surface area contributed by atoms with Crippen molar-refractivity contribution in [2.24, 2.45) is 0 Å². The summed E-state index contributed by atoms with van der Waals surface area (Å²) < 4.78 is 13.8. The van der Waals surface area contributed by atoms with Crippen molar-refractivity contribution in [2.75, 3.05) is 16.0 Å². The average Bonchev–Trinajstić information content (AvgIpc) is 3.15. The number of hydrogen-bond acceptors (Lipinski definition) is 3. The summed E-state index contributed by atoms with van der Waals surface area (Å²) in [5.74, 6) is -0.574. The molecule has 164 valence electrons. The quantitative estimate of drug-likeness (QED) is 0.520. The van der Waals surface area contributed by atoms with E-state index in [-0.39, 0.29) is 22.3 Å². The molecule has 1 atom stereocenters. The van der Waals surface area contributed by atoms with Gasteiger partial charge in [0, 0.05) is 11.4 Å². The average molecular weight is 449 g/mol. The first-order chi connectivity index (χ1) is 15.2. The minimum Gasteiger partial charge on any atom is -0.322 e. The molecule has 0 spiro atoms. The fourth-order valence-electron chi connectivity index (χ4n) is 3.65. The van der Waals surface area contributed by atoms with Crippen LogP contribution in [0.4, 0.5) is 15.8 Å². The Kier molecular flexibility index (Phi) is 6.07.